The lowest BCUT2D eigenvalue weighted by Gasteiger charge is -2.24. The van der Waals surface area contributed by atoms with Gasteiger partial charge in [-0.15, -0.1) is 0 Å². The second-order valence-electron chi connectivity index (χ2n) is 7.08. The highest BCUT2D eigenvalue weighted by Crippen LogP contribution is 2.32. The van der Waals surface area contributed by atoms with E-state index in [1.54, 1.807) is 6.20 Å². The molecule has 0 aromatic carbocycles. The van der Waals surface area contributed by atoms with Gasteiger partial charge in [-0.3, -0.25) is 4.79 Å². The van der Waals surface area contributed by atoms with Gasteiger partial charge in [0.1, 0.15) is 5.82 Å². The van der Waals surface area contributed by atoms with Crippen molar-refractivity contribution >= 4 is 11.7 Å². The molecule has 1 saturated carbocycles. The van der Waals surface area contributed by atoms with Gasteiger partial charge in [0, 0.05) is 44.7 Å². The molecular weight excluding hydrogens is 330 g/mol. The number of aryl methyl sites for hydroxylation is 1. The minimum absolute atomic E-state index is 0.280. The van der Waals surface area contributed by atoms with Crippen LogP contribution in [0.3, 0.4) is 0 Å². The molecule has 3 heterocycles. The van der Waals surface area contributed by atoms with E-state index in [9.17, 15) is 4.79 Å². The molecule has 1 aliphatic carbocycles. The molecule has 1 aliphatic heterocycles. The Hall–Kier alpha value is -2.44. The molecule has 0 spiro atoms. The van der Waals surface area contributed by atoms with Crippen LogP contribution >= 0.6 is 0 Å². The number of aromatic nitrogens is 3. The maximum Gasteiger partial charge on any atom is 0.261 e. The molecule has 1 amide bonds. The molecule has 7 nitrogen and oxygen atoms in total. The summed E-state index contributed by atoms with van der Waals surface area (Å²) in [6.07, 6.45) is 6.64. The number of hydrogen-bond donors (Lipinski definition) is 0. The minimum Gasteiger partial charge on any atom is -0.354 e. The van der Waals surface area contributed by atoms with Crippen LogP contribution in [0.4, 0.5) is 5.82 Å². The summed E-state index contributed by atoms with van der Waals surface area (Å²) in [5.74, 6) is 2.72. The molecule has 0 atom stereocenters. The van der Waals surface area contributed by atoms with Gasteiger partial charge in [-0.2, -0.15) is 4.98 Å². The topological polar surface area (TPSA) is 75.4 Å². The number of carbonyl (C=O) groups excluding carboxylic acids is 1. The lowest BCUT2D eigenvalue weighted by Crippen LogP contribution is -2.36. The van der Waals surface area contributed by atoms with Gasteiger partial charge in [-0.25, -0.2) is 4.98 Å². The molecule has 2 aliphatic rings. The van der Waals surface area contributed by atoms with E-state index in [-0.39, 0.29) is 5.92 Å². The van der Waals surface area contributed by atoms with Crippen LogP contribution in [-0.2, 0) is 11.2 Å². The summed E-state index contributed by atoms with van der Waals surface area (Å²) >= 11 is 0. The van der Waals surface area contributed by atoms with Gasteiger partial charge in [0.15, 0.2) is 5.82 Å². The third-order valence-corrected chi connectivity index (χ3v) is 4.99. The smallest absolute Gasteiger partial charge is 0.261 e. The summed E-state index contributed by atoms with van der Waals surface area (Å²) < 4.78 is 5.47. The minimum atomic E-state index is 0.280. The Kier molecular flexibility index (Phi) is 4.86. The first-order chi connectivity index (χ1) is 12.8. The molecule has 1 saturated heterocycles. The summed E-state index contributed by atoms with van der Waals surface area (Å²) in [4.78, 5) is 25.7. The predicted octanol–water partition coefficient (Wildman–Crippen LogP) is 2.53. The summed E-state index contributed by atoms with van der Waals surface area (Å²) in [5.41, 5.74) is 0.865. The number of hydrogen-bond acceptors (Lipinski definition) is 6. The summed E-state index contributed by atoms with van der Waals surface area (Å²) in [7, 11) is 0. The van der Waals surface area contributed by atoms with Crippen LogP contribution in [0, 0.1) is 5.92 Å². The van der Waals surface area contributed by atoms with Crippen molar-refractivity contribution < 1.29 is 9.32 Å². The van der Waals surface area contributed by atoms with Gasteiger partial charge in [-0.1, -0.05) is 12.1 Å². The van der Waals surface area contributed by atoms with E-state index in [4.69, 9.17) is 4.52 Å². The third-order valence-electron chi connectivity index (χ3n) is 4.99. The maximum absolute atomic E-state index is 12.4. The average Bonchev–Trinajstić information content (AvgIpc) is 3.45. The zero-order valence-corrected chi connectivity index (χ0v) is 15.2. The van der Waals surface area contributed by atoms with Gasteiger partial charge >= 0.3 is 0 Å². The fourth-order valence-electron chi connectivity index (χ4n) is 3.44. The standard InChI is InChI=1S/C19H25N5O2/c1-2-5-16-21-18(26-22-16)15-6-3-9-20-17(15)23-10-4-11-24(13-12-23)19(25)14-7-8-14/h3,6,9,14H,2,4-5,7-8,10-13H2,1H3. The quantitative estimate of drug-likeness (QED) is 0.820. The van der Waals surface area contributed by atoms with Crippen LogP contribution in [0.15, 0.2) is 22.9 Å². The Bertz CT molecular complexity index is 771. The van der Waals surface area contributed by atoms with E-state index in [0.717, 1.165) is 75.5 Å². The number of nitrogens with zero attached hydrogens (tertiary/aromatic N) is 5. The second kappa shape index (κ2) is 7.43. The summed E-state index contributed by atoms with van der Waals surface area (Å²) in [6, 6.07) is 3.87. The highest BCUT2D eigenvalue weighted by Gasteiger charge is 2.34. The number of anilines is 1. The Morgan fingerprint density at radius 2 is 2.15 bits per heavy atom. The zero-order chi connectivity index (χ0) is 17.9. The first kappa shape index (κ1) is 17.0. The van der Waals surface area contributed by atoms with Crippen molar-refractivity contribution in [1.29, 1.82) is 0 Å². The van der Waals surface area contributed by atoms with E-state index in [1.807, 2.05) is 17.0 Å². The van der Waals surface area contributed by atoms with E-state index >= 15 is 0 Å². The molecule has 2 aromatic heterocycles. The maximum atomic E-state index is 12.4. The van der Waals surface area contributed by atoms with Crippen molar-refractivity contribution in [2.75, 3.05) is 31.1 Å². The van der Waals surface area contributed by atoms with Gasteiger partial charge in [-0.05, 0) is 37.8 Å². The SMILES string of the molecule is CCCc1noc(-c2cccnc2N2CCCN(C(=O)C3CC3)CC2)n1. The van der Waals surface area contributed by atoms with Crippen molar-refractivity contribution in [2.24, 2.45) is 5.92 Å². The van der Waals surface area contributed by atoms with Crippen molar-refractivity contribution in [1.82, 2.24) is 20.0 Å². The molecule has 7 heteroatoms. The highest BCUT2D eigenvalue weighted by atomic mass is 16.5. The Labute approximate surface area is 153 Å². The first-order valence-electron chi connectivity index (χ1n) is 9.58. The van der Waals surface area contributed by atoms with Crippen LogP contribution in [0.25, 0.3) is 11.5 Å². The molecular formula is C19H25N5O2. The number of carbonyl (C=O) groups is 1. The summed E-state index contributed by atoms with van der Waals surface area (Å²) in [5, 5.41) is 4.06. The molecule has 26 heavy (non-hydrogen) atoms. The van der Waals surface area contributed by atoms with Crippen molar-refractivity contribution in [3.63, 3.8) is 0 Å². The third kappa shape index (κ3) is 3.57. The molecule has 4 rings (SSSR count). The van der Waals surface area contributed by atoms with Gasteiger partial charge in [0.05, 0.1) is 5.56 Å². The van der Waals surface area contributed by atoms with Gasteiger partial charge in [0.2, 0.25) is 5.91 Å². The van der Waals surface area contributed by atoms with Gasteiger partial charge < -0.3 is 14.3 Å². The van der Waals surface area contributed by atoms with E-state index in [1.165, 1.54) is 0 Å². The van der Waals surface area contributed by atoms with Crippen molar-refractivity contribution in [3.8, 4) is 11.5 Å². The van der Waals surface area contributed by atoms with Gasteiger partial charge in [0.25, 0.3) is 5.89 Å². The molecule has 0 radical (unpaired) electrons. The number of rotatable bonds is 5. The summed E-state index contributed by atoms with van der Waals surface area (Å²) in [6.45, 7) is 5.32. The fourth-order valence-corrected chi connectivity index (χ4v) is 3.44. The Morgan fingerprint density at radius 3 is 2.96 bits per heavy atom. The van der Waals surface area contributed by atoms with E-state index in [0.29, 0.717) is 11.8 Å². The van der Waals surface area contributed by atoms with Crippen LogP contribution in [0.2, 0.25) is 0 Å². The predicted molar refractivity (Wildman–Crippen MR) is 97.7 cm³/mol. The zero-order valence-electron chi connectivity index (χ0n) is 15.2. The molecule has 0 bridgehead atoms. The average molecular weight is 355 g/mol. The van der Waals surface area contributed by atoms with E-state index < -0.39 is 0 Å². The molecule has 2 fully saturated rings. The Balaban J connectivity index is 1.52. The number of amides is 1. The first-order valence-corrected chi connectivity index (χ1v) is 9.58. The van der Waals surface area contributed by atoms with Crippen LogP contribution < -0.4 is 4.90 Å². The van der Waals surface area contributed by atoms with Crippen molar-refractivity contribution in [2.45, 2.75) is 39.0 Å². The normalized spacial score (nSPS) is 18.0. The van der Waals surface area contributed by atoms with Crippen LogP contribution in [0.5, 0.6) is 0 Å². The van der Waals surface area contributed by atoms with Crippen molar-refractivity contribution in [3.05, 3.63) is 24.2 Å². The molecule has 138 valence electrons. The number of pyridine rings is 1. The lowest BCUT2D eigenvalue weighted by molar-refractivity contribution is -0.132. The van der Waals surface area contributed by atoms with Crippen LogP contribution in [-0.4, -0.2) is 52.1 Å². The largest absolute Gasteiger partial charge is 0.354 e. The van der Waals surface area contributed by atoms with Crippen LogP contribution in [0.1, 0.15) is 38.4 Å². The molecule has 0 unspecified atom stereocenters. The molecule has 2 aromatic rings. The molecule has 0 N–H and O–H groups in total. The van der Waals surface area contributed by atoms with E-state index in [2.05, 4.69) is 26.9 Å². The second-order valence-corrected chi connectivity index (χ2v) is 7.08. The lowest BCUT2D eigenvalue weighted by atomic mass is 10.2. The Morgan fingerprint density at radius 1 is 1.27 bits per heavy atom. The highest BCUT2D eigenvalue weighted by molar-refractivity contribution is 5.81. The monoisotopic (exact) mass is 355 g/mol. The fraction of sp³-hybridized carbons (Fsp3) is 0.579.